The fourth-order valence-electron chi connectivity index (χ4n) is 1.85. The van der Waals surface area contributed by atoms with Gasteiger partial charge in [-0.25, -0.2) is 0 Å². The van der Waals surface area contributed by atoms with Crippen molar-refractivity contribution < 1.29 is 4.79 Å². The van der Waals surface area contributed by atoms with Crippen molar-refractivity contribution in [1.29, 1.82) is 0 Å². The van der Waals surface area contributed by atoms with Crippen LogP contribution in [0.15, 0.2) is 0 Å². The molecule has 1 saturated heterocycles. The Morgan fingerprint density at radius 1 is 1.57 bits per heavy atom. The number of likely N-dealkylation sites (tertiary alicyclic amines) is 1. The van der Waals surface area contributed by atoms with Gasteiger partial charge in [-0.15, -0.1) is 0 Å². The third-order valence-corrected chi connectivity index (χ3v) is 3.24. The Bertz CT molecular complexity index is 203. The molecular formula is C11H22N2O. The molecule has 0 N–H and O–H groups in total. The van der Waals surface area contributed by atoms with E-state index >= 15 is 0 Å². The topological polar surface area (TPSA) is 23.6 Å². The SMILES string of the molecule is CCC(C)C(=O)N1CCC(N(C)C)C1. The van der Waals surface area contributed by atoms with Gasteiger partial charge in [0.25, 0.3) is 0 Å². The number of likely N-dealkylation sites (N-methyl/N-ethyl adjacent to an activating group) is 1. The van der Waals surface area contributed by atoms with Crippen LogP contribution in [0.2, 0.25) is 0 Å². The Kier molecular flexibility index (Phi) is 3.93. The summed E-state index contributed by atoms with van der Waals surface area (Å²) in [6.45, 7) is 5.94. The molecule has 82 valence electrons. The highest BCUT2D eigenvalue weighted by molar-refractivity contribution is 5.78. The van der Waals surface area contributed by atoms with Gasteiger partial charge >= 0.3 is 0 Å². The van der Waals surface area contributed by atoms with E-state index in [-0.39, 0.29) is 5.92 Å². The minimum Gasteiger partial charge on any atom is -0.341 e. The molecule has 0 bridgehead atoms. The maximum absolute atomic E-state index is 11.9. The first-order valence-electron chi connectivity index (χ1n) is 5.51. The molecule has 3 nitrogen and oxygen atoms in total. The van der Waals surface area contributed by atoms with Gasteiger partial charge in [0, 0.05) is 25.0 Å². The highest BCUT2D eigenvalue weighted by atomic mass is 16.2. The van der Waals surface area contributed by atoms with Crippen LogP contribution in [-0.2, 0) is 4.79 Å². The van der Waals surface area contributed by atoms with E-state index in [0.717, 1.165) is 25.9 Å². The summed E-state index contributed by atoms with van der Waals surface area (Å²) in [5.41, 5.74) is 0. The number of carbonyl (C=O) groups is 1. The molecule has 2 atom stereocenters. The van der Waals surface area contributed by atoms with Crippen LogP contribution >= 0.6 is 0 Å². The summed E-state index contributed by atoms with van der Waals surface area (Å²) >= 11 is 0. The summed E-state index contributed by atoms with van der Waals surface area (Å²) in [6, 6.07) is 0.558. The van der Waals surface area contributed by atoms with Gasteiger partial charge in [-0.2, -0.15) is 0 Å². The van der Waals surface area contributed by atoms with E-state index in [2.05, 4.69) is 25.9 Å². The van der Waals surface area contributed by atoms with E-state index in [0.29, 0.717) is 11.9 Å². The van der Waals surface area contributed by atoms with Crippen LogP contribution in [0.4, 0.5) is 0 Å². The molecule has 3 heteroatoms. The number of hydrogen-bond acceptors (Lipinski definition) is 2. The Morgan fingerprint density at radius 3 is 2.64 bits per heavy atom. The second-order valence-corrected chi connectivity index (χ2v) is 4.50. The van der Waals surface area contributed by atoms with Crippen molar-refractivity contribution in [3.63, 3.8) is 0 Å². The summed E-state index contributed by atoms with van der Waals surface area (Å²) in [6.07, 6.45) is 2.07. The zero-order valence-electron chi connectivity index (χ0n) is 9.79. The van der Waals surface area contributed by atoms with Gasteiger partial charge in [-0.1, -0.05) is 13.8 Å². The number of amides is 1. The Hall–Kier alpha value is -0.570. The normalized spacial score (nSPS) is 24.4. The fraction of sp³-hybridized carbons (Fsp3) is 0.909. The molecule has 1 rings (SSSR count). The summed E-state index contributed by atoms with van der Waals surface area (Å²) in [5.74, 6) is 0.521. The van der Waals surface area contributed by atoms with Crippen molar-refractivity contribution in [2.45, 2.75) is 32.7 Å². The summed E-state index contributed by atoms with van der Waals surface area (Å²) < 4.78 is 0. The van der Waals surface area contributed by atoms with Gasteiger partial charge in [-0.3, -0.25) is 4.79 Å². The molecule has 1 heterocycles. The Balaban J connectivity index is 2.45. The molecule has 0 aromatic rings. The van der Waals surface area contributed by atoms with Crippen LogP contribution in [0.1, 0.15) is 26.7 Å². The van der Waals surface area contributed by atoms with E-state index in [1.165, 1.54) is 0 Å². The van der Waals surface area contributed by atoms with Crippen LogP contribution in [0, 0.1) is 5.92 Å². The third-order valence-electron chi connectivity index (χ3n) is 3.24. The van der Waals surface area contributed by atoms with Gasteiger partial charge in [0.05, 0.1) is 0 Å². The molecule has 14 heavy (non-hydrogen) atoms. The second kappa shape index (κ2) is 4.78. The predicted molar refractivity (Wildman–Crippen MR) is 58.1 cm³/mol. The highest BCUT2D eigenvalue weighted by Gasteiger charge is 2.28. The van der Waals surface area contributed by atoms with E-state index in [1.54, 1.807) is 0 Å². The van der Waals surface area contributed by atoms with E-state index in [9.17, 15) is 4.79 Å². The average molecular weight is 198 g/mol. The minimum atomic E-state index is 0.191. The molecule has 1 aliphatic heterocycles. The van der Waals surface area contributed by atoms with E-state index < -0.39 is 0 Å². The molecule has 0 aromatic heterocycles. The average Bonchev–Trinajstić information content (AvgIpc) is 2.64. The molecule has 0 saturated carbocycles. The lowest BCUT2D eigenvalue weighted by Crippen LogP contribution is -2.36. The molecule has 0 aromatic carbocycles. The van der Waals surface area contributed by atoms with Gasteiger partial charge in [-0.05, 0) is 26.9 Å². The van der Waals surface area contributed by atoms with Crippen LogP contribution in [-0.4, -0.2) is 48.9 Å². The zero-order valence-corrected chi connectivity index (χ0v) is 9.79. The van der Waals surface area contributed by atoms with Crippen molar-refractivity contribution in [3.8, 4) is 0 Å². The number of hydrogen-bond donors (Lipinski definition) is 0. The first-order chi connectivity index (χ1) is 6.56. The predicted octanol–water partition coefficient (Wildman–Crippen LogP) is 1.20. The van der Waals surface area contributed by atoms with Crippen LogP contribution < -0.4 is 0 Å². The minimum absolute atomic E-state index is 0.191. The van der Waals surface area contributed by atoms with Gasteiger partial charge in [0.1, 0.15) is 0 Å². The Labute approximate surface area is 87.1 Å². The van der Waals surface area contributed by atoms with Crippen LogP contribution in [0.5, 0.6) is 0 Å². The first kappa shape index (κ1) is 11.5. The maximum Gasteiger partial charge on any atom is 0.225 e. The van der Waals surface area contributed by atoms with Crippen molar-refractivity contribution in [2.75, 3.05) is 27.2 Å². The van der Waals surface area contributed by atoms with Gasteiger partial charge in [0.2, 0.25) is 5.91 Å². The largest absolute Gasteiger partial charge is 0.341 e. The molecule has 0 radical (unpaired) electrons. The standard InChI is InChI=1S/C11H22N2O/c1-5-9(2)11(14)13-7-6-10(8-13)12(3)4/h9-10H,5-8H2,1-4H3. The quantitative estimate of drug-likeness (QED) is 0.680. The second-order valence-electron chi connectivity index (χ2n) is 4.50. The summed E-state index contributed by atoms with van der Waals surface area (Å²) in [4.78, 5) is 16.1. The van der Waals surface area contributed by atoms with Gasteiger partial charge in [0.15, 0.2) is 0 Å². The van der Waals surface area contributed by atoms with Crippen molar-refractivity contribution >= 4 is 5.91 Å². The first-order valence-corrected chi connectivity index (χ1v) is 5.51. The maximum atomic E-state index is 11.9. The third kappa shape index (κ3) is 2.47. The van der Waals surface area contributed by atoms with Crippen LogP contribution in [0.3, 0.4) is 0 Å². The van der Waals surface area contributed by atoms with E-state index in [4.69, 9.17) is 0 Å². The molecule has 0 aliphatic carbocycles. The summed E-state index contributed by atoms with van der Waals surface area (Å²) in [5, 5.41) is 0. The number of nitrogens with zero attached hydrogens (tertiary/aromatic N) is 2. The van der Waals surface area contributed by atoms with Crippen molar-refractivity contribution in [2.24, 2.45) is 5.92 Å². The lowest BCUT2D eigenvalue weighted by atomic mass is 10.1. The number of rotatable bonds is 3. The number of carbonyl (C=O) groups excluding carboxylic acids is 1. The highest BCUT2D eigenvalue weighted by Crippen LogP contribution is 2.16. The van der Waals surface area contributed by atoms with Crippen LogP contribution in [0.25, 0.3) is 0 Å². The van der Waals surface area contributed by atoms with E-state index in [1.807, 2.05) is 11.8 Å². The fourth-order valence-corrected chi connectivity index (χ4v) is 1.85. The summed E-state index contributed by atoms with van der Waals surface area (Å²) in [7, 11) is 4.17. The van der Waals surface area contributed by atoms with Crippen molar-refractivity contribution in [3.05, 3.63) is 0 Å². The lowest BCUT2D eigenvalue weighted by molar-refractivity contribution is -0.134. The molecule has 0 spiro atoms. The zero-order chi connectivity index (χ0) is 10.7. The Morgan fingerprint density at radius 2 is 2.21 bits per heavy atom. The van der Waals surface area contributed by atoms with Gasteiger partial charge < -0.3 is 9.80 Å². The lowest BCUT2D eigenvalue weighted by Gasteiger charge is -2.22. The molecule has 1 aliphatic rings. The molecular weight excluding hydrogens is 176 g/mol. The molecule has 2 unspecified atom stereocenters. The molecule has 1 amide bonds. The smallest absolute Gasteiger partial charge is 0.225 e. The van der Waals surface area contributed by atoms with Crippen molar-refractivity contribution in [1.82, 2.24) is 9.80 Å². The monoisotopic (exact) mass is 198 g/mol. The molecule has 1 fully saturated rings.